The minimum atomic E-state index is 0.683. The zero-order valence-electron chi connectivity index (χ0n) is 26.6. The third kappa shape index (κ3) is 4.34. The van der Waals surface area contributed by atoms with Crippen LogP contribution >= 0.6 is 0 Å². The Kier molecular flexibility index (Phi) is 5.97. The predicted molar refractivity (Wildman–Crippen MR) is 206 cm³/mol. The number of nitrogens with zero attached hydrogens (tertiary/aromatic N) is 2. The molecule has 0 spiro atoms. The number of benzene rings is 9. The van der Waals surface area contributed by atoms with E-state index in [2.05, 4.69) is 168 Å². The van der Waals surface area contributed by atoms with Crippen LogP contribution in [0.1, 0.15) is 5.56 Å². The smallest absolute Gasteiger partial charge is 0.0991 e. The van der Waals surface area contributed by atoms with Gasteiger partial charge in [0, 0.05) is 16.5 Å². The number of rotatable bonds is 3. The average molecular weight is 621 g/mol. The summed E-state index contributed by atoms with van der Waals surface area (Å²) in [4.78, 5) is 0. The largest absolute Gasteiger partial charge is 0.309 e. The first-order valence-corrected chi connectivity index (χ1v) is 16.6. The van der Waals surface area contributed by atoms with Gasteiger partial charge in [-0.25, -0.2) is 0 Å². The van der Waals surface area contributed by atoms with E-state index < -0.39 is 0 Å². The molecule has 0 N–H and O–H groups in total. The van der Waals surface area contributed by atoms with Gasteiger partial charge in [-0.15, -0.1) is 0 Å². The SMILES string of the molecule is N#Cc1ccc2c(ccc3cc(-n4c5ccccc5c5cc(-c6ccc(-c7ccc8c(ccc9ccccc98)c7)cc6)ccc54)ccc32)c1. The van der Waals surface area contributed by atoms with E-state index in [0.29, 0.717) is 5.56 Å². The van der Waals surface area contributed by atoms with E-state index in [-0.39, 0.29) is 0 Å². The maximum absolute atomic E-state index is 9.36. The highest BCUT2D eigenvalue weighted by Gasteiger charge is 2.14. The molecule has 0 aliphatic carbocycles. The maximum atomic E-state index is 9.36. The summed E-state index contributed by atoms with van der Waals surface area (Å²) < 4.78 is 2.38. The standard InChI is InChI=1S/C47H28N2/c48-29-30-9-21-41-36(25-30)16-17-38-27-39(20-23-43(38)41)49-46-8-4-3-7-44(46)45-28-35(19-24-47(45)49)32-12-10-31(11-13-32)34-18-22-42-37(26-34)15-14-33-5-1-2-6-40(33)42/h1-28H. The third-order valence-corrected chi connectivity index (χ3v) is 10.2. The Morgan fingerprint density at radius 2 is 0.878 bits per heavy atom. The van der Waals surface area contributed by atoms with Gasteiger partial charge in [-0.2, -0.15) is 5.26 Å². The molecule has 226 valence electrons. The number of aromatic nitrogens is 1. The van der Waals surface area contributed by atoms with E-state index in [1.54, 1.807) is 0 Å². The molecule has 10 rings (SSSR count). The first-order valence-electron chi connectivity index (χ1n) is 16.6. The summed E-state index contributed by atoms with van der Waals surface area (Å²) in [6.45, 7) is 0. The van der Waals surface area contributed by atoms with E-state index in [9.17, 15) is 5.26 Å². The van der Waals surface area contributed by atoms with Crippen molar-refractivity contribution in [3.63, 3.8) is 0 Å². The first-order chi connectivity index (χ1) is 24.2. The zero-order valence-corrected chi connectivity index (χ0v) is 26.6. The third-order valence-electron chi connectivity index (χ3n) is 10.2. The normalized spacial score (nSPS) is 11.7. The van der Waals surface area contributed by atoms with E-state index in [1.165, 1.54) is 76.4 Å². The van der Waals surface area contributed by atoms with Crippen LogP contribution in [-0.4, -0.2) is 4.57 Å². The number of fused-ring (bicyclic) bond motifs is 9. The number of para-hydroxylation sites is 1. The molecule has 0 saturated carbocycles. The summed E-state index contributed by atoms with van der Waals surface area (Å²) in [5.41, 5.74) is 9.03. The Balaban J connectivity index is 1.04. The molecule has 0 unspecified atom stereocenters. The van der Waals surface area contributed by atoms with Crippen molar-refractivity contribution in [3.8, 4) is 34.0 Å². The summed E-state index contributed by atoms with van der Waals surface area (Å²) in [7, 11) is 0. The van der Waals surface area contributed by atoms with E-state index in [1.807, 2.05) is 12.1 Å². The molecule has 1 aromatic heterocycles. The van der Waals surface area contributed by atoms with Crippen molar-refractivity contribution < 1.29 is 0 Å². The van der Waals surface area contributed by atoms with Gasteiger partial charge >= 0.3 is 0 Å². The molecule has 2 heteroatoms. The lowest BCUT2D eigenvalue weighted by molar-refractivity contribution is 1.19. The Morgan fingerprint density at radius 3 is 1.65 bits per heavy atom. The molecule has 9 aromatic carbocycles. The molecule has 0 bridgehead atoms. The minimum absolute atomic E-state index is 0.683. The fraction of sp³-hybridized carbons (Fsp3) is 0. The number of hydrogen-bond acceptors (Lipinski definition) is 1. The topological polar surface area (TPSA) is 28.7 Å². The van der Waals surface area contributed by atoms with Crippen molar-refractivity contribution in [2.24, 2.45) is 0 Å². The van der Waals surface area contributed by atoms with E-state index >= 15 is 0 Å². The molecule has 0 fully saturated rings. The van der Waals surface area contributed by atoms with Crippen LogP contribution in [0, 0.1) is 11.3 Å². The van der Waals surface area contributed by atoms with E-state index in [0.717, 1.165) is 16.5 Å². The fourth-order valence-corrected chi connectivity index (χ4v) is 7.75. The molecule has 0 aliphatic heterocycles. The summed E-state index contributed by atoms with van der Waals surface area (Å²) in [5, 5.41) is 21.6. The second-order valence-corrected chi connectivity index (χ2v) is 12.9. The van der Waals surface area contributed by atoms with Gasteiger partial charge in [0.05, 0.1) is 22.7 Å². The summed E-state index contributed by atoms with van der Waals surface area (Å²) in [6.07, 6.45) is 0. The van der Waals surface area contributed by atoms with Crippen molar-refractivity contribution in [2.45, 2.75) is 0 Å². The van der Waals surface area contributed by atoms with Crippen molar-refractivity contribution in [3.05, 3.63) is 175 Å². The van der Waals surface area contributed by atoms with Gasteiger partial charge in [0.2, 0.25) is 0 Å². The van der Waals surface area contributed by atoms with E-state index in [4.69, 9.17) is 0 Å². The van der Waals surface area contributed by atoms with Crippen LogP contribution in [0.5, 0.6) is 0 Å². The highest BCUT2D eigenvalue weighted by atomic mass is 15.0. The van der Waals surface area contributed by atoms with Gasteiger partial charge < -0.3 is 4.57 Å². The van der Waals surface area contributed by atoms with Crippen molar-refractivity contribution in [1.82, 2.24) is 4.57 Å². The second-order valence-electron chi connectivity index (χ2n) is 12.9. The zero-order chi connectivity index (χ0) is 32.5. The lowest BCUT2D eigenvalue weighted by Gasteiger charge is -2.11. The molecule has 1 heterocycles. The van der Waals surface area contributed by atoms with Crippen LogP contribution in [0.25, 0.3) is 92.8 Å². The van der Waals surface area contributed by atoms with Gasteiger partial charge in [0.25, 0.3) is 0 Å². The fourth-order valence-electron chi connectivity index (χ4n) is 7.75. The lowest BCUT2D eigenvalue weighted by Crippen LogP contribution is -1.94. The molecular formula is C47H28N2. The highest BCUT2D eigenvalue weighted by molar-refractivity contribution is 6.12. The molecule has 0 saturated heterocycles. The molecule has 10 aromatic rings. The number of nitriles is 1. The van der Waals surface area contributed by atoms with Crippen LogP contribution in [0.15, 0.2) is 170 Å². The predicted octanol–water partition coefficient (Wildman–Crippen LogP) is 12.6. The van der Waals surface area contributed by atoms with Gasteiger partial charge in [-0.1, -0.05) is 121 Å². The Bertz CT molecular complexity index is 2990. The molecule has 0 aliphatic rings. The van der Waals surface area contributed by atoms with Crippen molar-refractivity contribution >= 4 is 64.9 Å². The first kappa shape index (κ1) is 27.4. The monoisotopic (exact) mass is 620 g/mol. The van der Waals surface area contributed by atoms with Crippen LogP contribution in [0.4, 0.5) is 0 Å². The Labute approximate surface area is 283 Å². The summed E-state index contributed by atoms with van der Waals surface area (Å²) in [5.74, 6) is 0. The molecule has 49 heavy (non-hydrogen) atoms. The minimum Gasteiger partial charge on any atom is -0.309 e. The van der Waals surface area contributed by atoms with Crippen LogP contribution in [-0.2, 0) is 0 Å². The van der Waals surface area contributed by atoms with Gasteiger partial charge in [0.1, 0.15) is 0 Å². The quantitative estimate of drug-likeness (QED) is 0.181. The average Bonchev–Trinajstić information content (AvgIpc) is 3.51. The molecule has 0 atom stereocenters. The number of hydrogen-bond donors (Lipinski definition) is 0. The lowest BCUT2D eigenvalue weighted by atomic mass is 9.96. The highest BCUT2D eigenvalue weighted by Crippen LogP contribution is 2.37. The van der Waals surface area contributed by atoms with Crippen molar-refractivity contribution in [2.75, 3.05) is 0 Å². The van der Waals surface area contributed by atoms with Gasteiger partial charge in [0.15, 0.2) is 0 Å². The second kappa shape index (κ2) is 10.7. The maximum Gasteiger partial charge on any atom is 0.0991 e. The van der Waals surface area contributed by atoms with Crippen LogP contribution in [0.3, 0.4) is 0 Å². The Hall–Kier alpha value is -6.69. The van der Waals surface area contributed by atoms with Crippen LogP contribution in [0.2, 0.25) is 0 Å². The van der Waals surface area contributed by atoms with Gasteiger partial charge in [-0.05, 0) is 114 Å². The summed E-state index contributed by atoms with van der Waals surface area (Å²) >= 11 is 0. The van der Waals surface area contributed by atoms with Crippen molar-refractivity contribution in [1.29, 1.82) is 5.26 Å². The molecule has 2 nitrogen and oxygen atoms in total. The Morgan fingerprint density at radius 1 is 0.347 bits per heavy atom. The molecular weight excluding hydrogens is 593 g/mol. The van der Waals surface area contributed by atoms with Gasteiger partial charge in [-0.3, -0.25) is 0 Å². The molecule has 0 radical (unpaired) electrons. The summed E-state index contributed by atoms with van der Waals surface area (Å²) in [6, 6.07) is 63.5. The van der Waals surface area contributed by atoms with Crippen LogP contribution < -0.4 is 0 Å². The molecule has 0 amide bonds.